The summed E-state index contributed by atoms with van der Waals surface area (Å²) in [5.41, 5.74) is 2.44. The van der Waals surface area contributed by atoms with Crippen LogP contribution in [-0.2, 0) is 0 Å². The molecular formula is C18H20ClN3. The van der Waals surface area contributed by atoms with Crippen LogP contribution < -0.4 is 4.90 Å². The third kappa shape index (κ3) is 2.76. The summed E-state index contributed by atoms with van der Waals surface area (Å²) in [6, 6.07) is 8.11. The normalized spacial score (nSPS) is 18.4. The van der Waals surface area contributed by atoms with Crippen LogP contribution in [0.3, 0.4) is 0 Å². The molecule has 1 saturated heterocycles. The Morgan fingerprint density at radius 3 is 3.09 bits per heavy atom. The van der Waals surface area contributed by atoms with Gasteiger partial charge in [-0.25, -0.2) is 0 Å². The first-order valence-corrected chi connectivity index (χ1v) is 8.34. The van der Waals surface area contributed by atoms with E-state index in [9.17, 15) is 5.26 Å². The van der Waals surface area contributed by atoms with Crippen molar-refractivity contribution in [2.75, 3.05) is 18.0 Å². The van der Waals surface area contributed by atoms with Gasteiger partial charge in [0.1, 0.15) is 6.07 Å². The molecule has 1 aliphatic heterocycles. The van der Waals surface area contributed by atoms with E-state index in [1.165, 1.54) is 25.7 Å². The van der Waals surface area contributed by atoms with Crippen LogP contribution >= 0.6 is 11.6 Å². The van der Waals surface area contributed by atoms with Crippen LogP contribution in [0.2, 0.25) is 5.02 Å². The maximum atomic E-state index is 9.50. The number of nitriles is 1. The molecule has 1 aromatic carbocycles. The van der Waals surface area contributed by atoms with Gasteiger partial charge in [0.2, 0.25) is 0 Å². The monoisotopic (exact) mass is 313 g/mol. The van der Waals surface area contributed by atoms with E-state index >= 15 is 0 Å². The highest BCUT2D eigenvalue weighted by Gasteiger charge is 2.23. The highest BCUT2D eigenvalue weighted by Crippen LogP contribution is 2.35. The number of hydrogen-bond acceptors (Lipinski definition) is 3. The Kier molecular flexibility index (Phi) is 4.49. The summed E-state index contributed by atoms with van der Waals surface area (Å²) in [6.07, 6.45) is 6.59. The number of piperidine rings is 1. The molecule has 1 unspecified atom stereocenters. The van der Waals surface area contributed by atoms with Gasteiger partial charge >= 0.3 is 0 Å². The first kappa shape index (κ1) is 15.1. The van der Waals surface area contributed by atoms with E-state index in [1.807, 2.05) is 18.2 Å². The lowest BCUT2D eigenvalue weighted by Crippen LogP contribution is -2.36. The number of benzene rings is 1. The predicted molar refractivity (Wildman–Crippen MR) is 91.3 cm³/mol. The average Bonchev–Trinajstić information content (AvgIpc) is 2.54. The van der Waals surface area contributed by atoms with Gasteiger partial charge in [0.25, 0.3) is 0 Å². The van der Waals surface area contributed by atoms with Crippen molar-refractivity contribution in [1.82, 2.24) is 4.98 Å². The quantitative estimate of drug-likeness (QED) is 0.819. The van der Waals surface area contributed by atoms with E-state index in [0.717, 1.165) is 29.7 Å². The van der Waals surface area contributed by atoms with Crippen LogP contribution in [0.15, 0.2) is 24.4 Å². The van der Waals surface area contributed by atoms with E-state index < -0.39 is 0 Å². The first-order chi connectivity index (χ1) is 10.7. The maximum Gasteiger partial charge on any atom is 0.103 e. The van der Waals surface area contributed by atoms with E-state index in [4.69, 9.17) is 11.6 Å². The van der Waals surface area contributed by atoms with Crippen LogP contribution in [0.4, 0.5) is 5.69 Å². The second kappa shape index (κ2) is 6.54. The molecular weight excluding hydrogens is 294 g/mol. The Morgan fingerprint density at radius 1 is 1.45 bits per heavy atom. The second-order valence-electron chi connectivity index (χ2n) is 6.01. The van der Waals surface area contributed by atoms with E-state index in [0.29, 0.717) is 16.5 Å². The van der Waals surface area contributed by atoms with Gasteiger partial charge in [-0.05, 0) is 31.2 Å². The number of rotatable bonds is 3. The van der Waals surface area contributed by atoms with E-state index in [1.54, 1.807) is 6.20 Å². The van der Waals surface area contributed by atoms with Gasteiger partial charge in [0.05, 0.1) is 21.8 Å². The highest BCUT2D eigenvalue weighted by atomic mass is 35.5. The molecule has 2 aromatic rings. The second-order valence-corrected chi connectivity index (χ2v) is 6.42. The predicted octanol–water partition coefficient (Wildman–Crippen LogP) is 4.78. The fraction of sp³-hybridized carbons (Fsp3) is 0.444. The number of halogens is 1. The summed E-state index contributed by atoms with van der Waals surface area (Å²) in [7, 11) is 0. The minimum atomic E-state index is 0.644. The molecule has 0 amide bonds. The van der Waals surface area contributed by atoms with Crippen molar-refractivity contribution in [3.05, 3.63) is 35.0 Å². The number of aromatic nitrogens is 1. The summed E-state index contributed by atoms with van der Waals surface area (Å²) in [6.45, 7) is 4.26. The van der Waals surface area contributed by atoms with Crippen LogP contribution in [0.5, 0.6) is 0 Å². The van der Waals surface area contributed by atoms with E-state index in [-0.39, 0.29) is 0 Å². The summed E-state index contributed by atoms with van der Waals surface area (Å²) < 4.78 is 0. The Morgan fingerprint density at radius 2 is 2.32 bits per heavy atom. The van der Waals surface area contributed by atoms with Crippen molar-refractivity contribution < 1.29 is 0 Å². The van der Waals surface area contributed by atoms with E-state index in [2.05, 4.69) is 22.9 Å². The number of fused-ring (bicyclic) bond motifs is 1. The zero-order valence-corrected chi connectivity index (χ0v) is 13.6. The summed E-state index contributed by atoms with van der Waals surface area (Å²) >= 11 is 6.28. The molecule has 1 aliphatic rings. The molecule has 4 heteroatoms. The molecule has 1 atom stereocenters. The molecule has 0 radical (unpaired) electrons. The molecule has 2 heterocycles. The molecule has 22 heavy (non-hydrogen) atoms. The molecule has 1 fully saturated rings. The highest BCUT2D eigenvalue weighted by molar-refractivity contribution is 6.35. The lowest BCUT2D eigenvalue weighted by molar-refractivity contribution is 0.388. The van der Waals surface area contributed by atoms with Gasteiger partial charge in [0, 0.05) is 24.7 Å². The number of hydrogen-bond donors (Lipinski definition) is 0. The smallest absolute Gasteiger partial charge is 0.103 e. The summed E-state index contributed by atoms with van der Waals surface area (Å²) in [4.78, 5) is 6.75. The topological polar surface area (TPSA) is 39.9 Å². The van der Waals surface area contributed by atoms with Gasteiger partial charge in [-0.3, -0.25) is 4.98 Å². The zero-order chi connectivity index (χ0) is 15.5. The van der Waals surface area contributed by atoms with Crippen LogP contribution in [0.1, 0.15) is 38.2 Å². The first-order valence-electron chi connectivity index (χ1n) is 7.97. The standard InChI is InChI=1S/C18H20ClN3/c1-2-5-13-6-4-9-22(12-13)18-14(10-20)11-21-17-15(18)7-3-8-16(17)19/h3,7-8,11,13H,2,4-6,9,12H2,1H3. The average molecular weight is 314 g/mol. The lowest BCUT2D eigenvalue weighted by atomic mass is 9.92. The van der Waals surface area contributed by atoms with Gasteiger partial charge in [-0.15, -0.1) is 0 Å². The largest absolute Gasteiger partial charge is 0.370 e. The SMILES string of the molecule is CCCC1CCCN(c2c(C#N)cnc3c(Cl)cccc23)C1. The van der Waals surface area contributed by atoms with Gasteiger partial charge < -0.3 is 4.90 Å². The van der Waals surface area contributed by atoms with Crippen LogP contribution in [-0.4, -0.2) is 18.1 Å². The number of pyridine rings is 1. The van der Waals surface area contributed by atoms with Crippen molar-refractivity contribution in [1.29, 1.82) is 5.26 Å². The van der Waals surface area contributed by atoms with Crippen LogP contribution in [0, 0.1) is 17.2 Å². The third-order valence-electron chi connectivity index (χ3n) is 4.47. The minimum Gasteiger partial charge on any atom is -0.370 e. The fourth-order valence-electron chi connectivity index (χ4n) is 3.51. The Labute approximate surface area is 136 Å². The molecule has 1 aromatic heterocycles. The van der Waals surface area contributed by atoms with Gasteiger partial charge in [-0.1, -0.05) is 37.1 Å². The third-order valence-corrected chi connectivity index (χ3v) is 4.78. The molecule has 0 spiro atoms. The molecule has 0 aliphatic carbocycles. The van der Waals surface area contributed by atoms with Crippen molar-refractivity contribution >= 4 is 28.2 Å². The molecule has 0 bridgehead atoms. The summed E-state index contributed by atoms with van der Waals surface area (Å²) in [5, 5.41) is 11.1. The maximum absolute atomic E-state index is 9.50. The zero-order valence-electron chi connectivity index (χ0n) is 12.8. The molecule has 114 valence electrons. The molecule has 3 nitrogen and oxygen atoms in total. The van der Waals surface area contributed by atoms with Gasteiger partial charge in [0.15, 0.2) is 0 Å². The fourth-order valence-corrected chi connectivity index (χ4v) is 3.73. The summed E-state index contributed by atoms with van der Waals surface area (Å²) in [5.74, 6) is 0.715. The van der Waals surface area contributed by atoms with Crippen molar-refractivity contribution in [2.45, 2.75) is 32.6 Å². The van der Waals surface area contributed by atoms with Crippen molar-refractivity contribution in [3.8, 4) is 6.07 Å². The number of para-hydroxylation sites is 1. The Hall–Kier alpha value is -1.79. The van der Waals surface area contributed by atoms with Crippen LogP contribution in [0.25, 0.3) is 10.9 Å². The molecule has 0 N–H and O–H groups in total. The minimum absolute atomic E-state index is 0.644. The number of anilines is 1. The Balaban J connectivity index is 2.08. The number of nitrogens with zero attached hydrogens (tertiary/aromatic N) is 3. The van der Waals surface area contributed by atoms with Crippen molar-refractivity contribution in [3.63, 3.8) is 0 Å². The Bertz CT molecular complexity index is 718. The van der Waals surface area contributed by atoms with Gasteiger partial charge in [-0.2, -0.15) is 5.26 Å². The van der Waals surface area contributed by atoms with Crippen molar-refractivity contribution in [2.24, 2.45) is 5.92 Å². The molecule has 3 rings (SSSR count). The lowest BCUT2D eigenvalue weighted by Gasteiger charge is -2.35. The molecule has 0 saturated carbocycles.